The number of nitrogens with zero attached hydrogens (tertiary/aromatic N) is 2. The number of benzene rings is 1. The van der Waals surface area contributed by atoms with Crippen molar-refractivity contribution in [3.05, 3.63) is 46.6 Å². The van der Waals surface area contributed by atoms with Crippen molar-refractivity contribution >= 4 is 17.4 Å². The van der Waals surface area contributed by atoms with Gasteiger partial charge in [-0.2, -0.15) is 5.10 Å². The van der Waals surface area contributed by atoms with E-state index in [1.807, 2.05) is 12.1 Å². The summed E-state index contributed by atoms with van der Waals surface area (Å²) in [6.07, 6.45) is 2.18. The Morgan fingerprint density at radius 3 is 2.84 bits per heavy atom. The minimum absolute atomic E-state index is 0.345. The van der Waals surface area contributed by atoms with Crippen LogP contribution >= 0.6 is 11.6 Å². The van der Waals surface area contributed by atoms with E-state index in [4.69, 9.17) is 16.7 Å². The van der Waals surface area contributed by atoms with Crippen molar-refractivity contribution < 1.29 is 0 Å². The molecular formula is C15H18ClN3. The highest BCUT2D eigenvalue weighted by atomic mass is 35.5. The van der Waals surface area contributed by atoms with Crippen LogP contribution in [0.3, 0.4) is 0 Å². The summed E-state index contributed by atoms with van der Waals surface area (Å²) in [6.45, 7) is 4.26. The first-order valence-electron chi connectivity index (χ1n) is 6.85. The van der Waals surface area contributed by atoms with E-state index in [9.17, 15) is 0 Å². The van der Waals surface area contributed by atoms with Gasteiger partial charge in [0, 0.05) is 30.1 Å². The van der Waals surface area contributed by atoms with Gasteiger partial charge in [0.15, 0.2) is 0 Å². The molecule has 1 aliphatic heterocycles. The Morgan fingerprint density at radius 1 is 1.37 bits per heavy atom. The molecule has 1 aromatic heterocycles. The standard InChI is InChI=1S/C15H18ClN3/c1-2-13(11-4-6-12(16)7-5-11)14-10-15-17-8-3-9-19(15)18-14/h4-7,10,13,17H,2-3,8-9H2,1H3. The average molecular weight is 276 g/mol. The molecule has 19 heavy (non-hydrogen) atoms. The number of rotatable bonds is 3. The summed E-state index contributed by atoms with van der Waals surface area (Å²) >= 11 is 5.96. The van der Waals surface area contributed by atoms with Crippen LogP contribution in [-0.4, -0.2) is 16.3 Å². The Balaban J connectivity index is 1.93. The number of hydrogen-bond donors (Lipinski definition) is 1. The highest BCUT2D eigenvalue weighted by Crippen LogP contribution is 2.30. The van der Waals surface area contributed by atoms with Crippen LogP contribution in [-0.2, 0) is 6.54 Å². The van der Waals surface area contributed by atoms with Gasteiger partial charge in [-0.3, -0.25) is 0 Å². The van der Waals surface area contributed by atoms with Crippen molar-refractivity contribution in [3.63, 3.8) is 0 Å². The largest absolute Gasteiger partial charge is 0.370 e. The van der Waals surface area contributed by atoms with Crippen molar-refractivity contribution in [2.24, 2.45) is 0 Å². The molecule has 0 aliphatic carbocycles. The number of anilines is 1. The highest BCUT2D eigenvalue weighted by Gasteiger charge is 2.19. The lowest BCUT2D eigenvalue weighted by molar-refractivity contribution is 0.555. The lowest BCUT2D eigenvalue weighted by Crippen LogP contribution is -2.17. The van der Waals surface area contributed by atoms with E-state index in [0.717, 1.165) is 42.5 Å². The molecule has 1 unspecified atom stereocenters. The molecule has 3 nitrogen and oxygen atoms in total. The molecule has 0 saturated carbocycles. The third-order valence-corrected chi connectivity index (χ3v) is 3.94. The molecule has 1 N–H and O–H groups in total. The summed E-state index contributed by atoms with van der Waals surface area (Å²) < 4.78 is 2.08. The molecule has 0 spiro atoms. The lowest BCUT2D eigenvalue weighted by Gasteiger charge is -2.14. The van der Waals surface area contributed by atoms with E-state index in [-0.39, 0.29) is 0 Å². The number of aryl methyl sites for hydroxylation is 1. The van der Waals surface area contributed by atoms with Crippen LogP contribution in [0.2, 0.25) is 5.02 Å². The molecule has 0 saturated heterocycles. The Kier molecular flexibility index (Phi) is 3.47. The van der Waals surface area contributed by atoms with Gasteiger partial charge in [0.2, 0.25) is 0 Å². The summed E-state index contributed by atoms with van der Waals surface area (Å²) in [5, 5.41) is 8.93. The van der Waals surface area contributed by atoms with Crippen molar-refractivity contribution in [2.45, 2.75) is 32.2 Å². The van der Waals surface area contributed by atoms with Gasteiger partial charge in [0.25, 0.3) is 0 Å². The predicted octanol–water partition coefficient (Wildman–Crippen LogP) is 3.89. The van der Waals surface area contributed by atoms with Crippen molar-refractivity contribution in [3.8, 4) is 0 Å². The maximum Gasteiger partial charge on any atom is 0.124 e. The second-order valence-corrected chi connectivity index (χ2v) is 5.41. The second kappa shape index (κ2) is 5.25. The van der Waals surface area contributed by atoms with E-state index in [1.165, 1.54) is 5.56 Å². The van der Waals surface area contributed by atoms with Crippen LogP contribution in [0.1, 0.15) is 36.9 Å². The molecule has 3 rings (SSSR count). The fourth-order valence-electron chi connectivity index (χ4n) is 2.68. The molecule has 1 aliphatic rings. The number of hydrogen-bond acceptors (Lipinski definition) is 2. The van der Waals surface area contributed by atoms with Crippen LogP contribution in [0.15, 0.2) is 30.3 Å². The van der Waals surface area contributed by atoms with E-state index >= 15 is 0 Å². The van der Waals surface area contributed by atoms with Crippen LogP contribution < -0.4 is 5.32 Å². The molecule has 0 bridgehead atoms. The molecule has 1 atom stereocenters. The topological polar surface area (TPSA) is 29.9 Å². The average Bonchev–Trinajstić information content (AvgIpc) is 2.85. The van der Waals surface area contributed by atoms with Gasteiger partial charge in [-0.25, -0.2) is 4.68 Å². The number of fused-ring (bicyclic) bond motifs is 1. The van der Waals surface area contributed by atoms with Crippen molar-refractivity contribution in [2.75, 3.05) is 11.9 Å². The summed E-state index contributed by atoms with van der Waals surface area (Å²) in [4.78, 5) is 0. The zero-order valence-electron chi connectivity index (χ0n) is 11.1. The molecule has 0 amide bonds. The first kappa shape index (κ1) is 12.5. The SMILES string of the molecule is CCC(c1ccc(Cl)cc1)c1cc2n(n1)CCCN2. The molecule has 2 aromatic rings. The molecule has 1 aromatic carbocycles. The van der Waals surface area contributed by atoms with Crippen LogP contribution in [0, 0.1) is 0 Å². The van der Waals surface area contributed by atoms with Gasteiger partial charge in [-0.05, 0) is 30.5 Å². The number of halogens is 1. The molecular weight excluding hydrogens is 258 g/mol. The molecule has 100 valence electrons. The van der Waals surface area contributed by atoms with Gasteiger partial charge >= 0.3 is 0 Å². The maximum atomic E-state index is 5.96. The summed E-state index contributed by atoms with van der Waals surface area (Å²) in [5.74, 6) is 1.49. The molecule has 4 heteroatoms. The lowest BCUT2D eigenvalue weighted by atomic mass is 9.93. The zero-order chi connectivity index (χ0) is 13.2. The number of nitrogens with one attached hydrogen (secondary N) is 1. The fraction of sp³-hybridized carbons (Fsp3) is 0.400. The smallest absolute Gasteiger partial charge is 0.124 e. The third kappa shape index (κ3) is 2.47. The third-order valence-electron chi connectivity index (χ3n) is 3.69. The summed E-state index contributed by atoms with van der Waals surface area (Å²) in [5.41, 5.74) is 2.43. The van der Waals surface area contributed by atoms with Gasteiger partial charge < -0.3 is 5.32 Å². The maximum absolute atomic E-state index is 5.96. The molecule has 2 heterocycles. The molecule has 0 radical (unpaired) electrons. The van der Waals surface area contributed by atoms with E-state index in [1.54, 1.807) is 0 Å². The van der Waals surface area contributed by atoms with E-state index < -0.39 is 0 Å². The second-order valence-electron chi connectivity index (χ2n) is 4.97. The Labute approximate surface area is 118 Å². The quantitative estimate of drug-likeness (QED) is 0.921. The van der Waals surface area contributed by atoms with Gasteiger partial charge in [-0.15, -0.1) is 0 Å². The van der Waals surface area contributed by atoms with E-state index in [0.29, 0.717) is 5.92 Å². The monoisotopic (exact) mass is 275 g/mol. The minimum atomic E-state index is 0.345. The van der Waals surface area contributed by atoms with Crippen LogP contribution in [0.25, 0.3) is 0 Å². The number of aromatic nitrogens is 2. The first-order chi connectivity index (χ1) is 9.28. The predicted molar refractivity (Wildman–Crippen MR) is 78.9 cm³/mol. The Bertz CT molecular complexity index is 536. The van der Waals surface area contributed by atoms with Crippen LogP contribution in [0.5, 0.6) is 0 Å². The van der Waals surface area contributed by atoms with Crippen molar-refractivity contribution in [1.82, 2.24) is 9.78 Å². The fourth-order valence-corrected chi connectivity index (χ4v) is 2.80. The van der Waals surface area contributed by atoms with Gasteiger partial charge in [-0.1, -0.05) is 30.7 Å². The Hall–Kier alpha value is -1.48. The first-order valence-corrected chi connectivity index (χ1v) is 7.23. The van der Waals surface area contributed by atoms with Gasteiger partial charge in [0.05, 0.1) is 5.69 Å². The normalized spacial score (nSPS) is 15.7. The molecule has 0 fully saturated rings. The van der Waals surface area contributed by atoms with Crippen molar-refractivity contribution in [1.29, 1.82) is 0 Å². The zero-order valence-corrected chi connectivity index (χ0v) is 11.8. The van der Waals surface area contributed by atoms with Crippen LogP contribution in [0.4, 0.5) is 5.82 Å². The van der Waals surface area contributed by atoms with Gasteiger partial charge in [0.1, 0.15) is 5.82 Å². The summed E-state index contributed by atoms with van der Waals surface area (Å²) in [6, 6.07) is 10.3. The summed E-state index contributed by atoms with van der Waals surface area (Å²) in [7, 11) is 0. The Morgan fingerprint density at radius 2 is 2.16 bits per heavy atom. The minimum Gasteiger partial charge on any atom is -0.370 e. The highest BCUT2D eigenvalue weighted by molar-refractivity contribution is 6.30. The van der Waals surface area contributed by atoms with E-state index in [2.05, 4.69) is 35.1 Å².